The summed E-state index contributed by atoms with van der Waals surface area (Å²) in [6.07, 6.45) is 2.73. The van der Waals surface area contributed by atoms with Crippen LogP contribution in [0.15, 0.2) is 47.6 Å². The summed E-state index contributed by atoms with van der Waals surface area (Å²) >= 11 is 4.11. The Hall–Kier alpha value is -2.34. The minimum Gasteiger partial charge on any atom is -0.496 e. The first-order chi connectivity index (χ1) is 15.1. The van der Waals surface area contributed by atoms with Gasteiger partial charge in [0.25, 0.3) is 0 Å². The summed E-state index contributed by atoms with van der Waals surface area (Å²) in [5.41, 5.74) is 2.64. The highest BCUT2D eigenvalue weighted by molar-refractivity contribution is 14.1. The number of carbonyl (C=O) groups is 4. The Labute approximate surface area is 212 Å². The van der Waals surface area contributed by atoms with Crippen LogP contribution in [-0.2, 0) is 0 Å². The minimum atomic E-state index is -0.164. The lowest BCUT2D eigenvalue weighted by atomic mass is 9.89. The first-order valence-electron chi connectivity index (χ1n) is 9.40. The molecule has 6 nitrogen and oxygen atoms in total. The molecule has 0 unspecified atom stereocenters. The van der Waals surface area contributed by atoms with Gasteiger partial charge in [0.1, 0.15) is 11.5 Å². The molecule has 2 aromatic carbocycles. The third kappa shape index (κ3) is 4.29. The molecule has 2 aromatic rings. The molecule has 164 valence electrons. The number of halogens is 2. The number of ketones is 4. The van der Waals surface area contributed by atoms with Crippen LogP contribution in [0.4, 0.5) is 0 Å². The maximum Gasteiger partial charge on any atom is 0.190 e. The lowest BCUT2D eigenvalue weighted by Crippen LogP contribution is -2.18. The van der Waals surface area contributed by atoms with Crippen LogP contribution < -0.4 is 9.47 Å². The molecule has 0 atom stereocenters. The summed E-state index contributed by atoms with van der Waals surface area (Å²) in [7, 11) is 2.98. The average Bonchev–Trinajstić information content (AvgIpc) is 2.76. The number of allylic oxidation sites excluding steroid dienone is 4. The number of carbonyl (C=O) groups excluding carboxylic acids is 4. The van der Waals surface area contributed by atoms with Crippen LogP contribution in [0.1, 0.15) is 55.3 Å². The topological polar surface area (TPSA) is 86.7 Å². The van der Waals surface area contributed by atoms with Crippen LogP contribution in [-0.4, -0.2) is 37.4 Å². The molecule has 0 spiro atoms. The zero-order chi connectivity index (χ0) is 23.7. The summed E-state index contributed by atoms with van der Waals surface area (Å²) < 4.78 is 11.8. The van der Waals surface area contributed by atoms with Crippen molar-refractivity contribution in [3.63, 3.8) is 0 Å². The summed E-state index contributed by atoms with van der Waals surface area (Å²) in [4.78, 5) is 47.7. The fourth-order valence-corrected chi connectivity index (χ4v) is 4.84. The molecule has 0 saturated heterocycles. The van der Waals surface area contributed by atoms with E-state index >= 15 is 0 Å². The maximum absolute atomic E-state index is 12.0. The Balaban J connectivity index is 0.000000181. The van der Waals surface area contributed by atoms with Crippen molar-refractivity contribution < 1.29 is 28.7 Å². The molecule has 0 bridgehead atoms. The van der Waals surface area contributed by atoms with E-state index in [0.717, 1.165) is 7.14 Å². The number of rotatable bonds is 2. The van der Waals surface area contributed by atoms with E-state index in [-0.39, 0.29) is 23.1 Å². The summed E-state index contributed by atoms with van der Waals surface area (Å²) in [6, 6.07) is 6.98. The molecule has 0 fully saturated rings. The molecule has 0 N–H and O–H groups in total. The van der Waals surface area contributed by atoms with Gasteiger partial charge >= 0.3 is 0 Å². The Morgan fingerprint density at radius 1 is 0.594 bits per heavy atom. The second kappa shape index (κ2) is 9.65. The SMILES string of the molecule is COc1ccc(I)c2c1C(=O)C=C(C)C2=O.COc1ccc(I)c2c1C(=O)C=C(C)C2=O. The normalized spacial score (nSPS) is 14.6. The van der Waals surface area contributed by atoms with E-state index in [0.29, 0.717) is 44.9 Å². The van der Waals surface area contributed by atoms with Gasteiger partial charge in [-0.3, -0.25) is 19.2 Å². The molecule has 8 heteroatoms. The van der Waals surface area contributed by atoms with Gasteiger partial charge in [0, 0.05) is 18.3 Å². The first-order valence-corrected chi connectivity index (χ1v) is 11.6. The highest BCUT2D eigenvalue weighted by atomic mass is 127. The first kappa shape index (κ1) is 24.3. The number of methoxy groups -OCH3 is 2. The van der Waals surface area contributed by atoms with Gasteiger partial charge < -0.3 is 9.47 Å². The molecule has 0 amide bonds. The van der Waals surface area contributed by atoms with E-state index in [2.05, 4.69) is 45.2 Å². The summed E-state index contributed by atoms with van der Waals surface area (Å²) in [5.74, 6) is 0.385. The fraction of sp³-hybridized carbons (Fsp3) is 0.167. The van der Waals surface area contributed by atoms with Gasteiger partial charge in [-0.25, -0.2) is 0 Å². The predicted octanol–water partition coefficient (Wildman–Crippen LogP) is 5.25. The van der Waals surface area contributed by atoms with Crippen molar-refractivity contribution in [2.24, 2.45) is 0 Å². The number of Topliss-reactive ketones (excluding diaryl/α,β-unsaturated/α-hetero) is 2. The van der Waals surface area contributed by atoms with Crippen molar-refractivity contribution in [1.82, 2.24) is 0 Å². The van der Waals surface area contributed by atoms with E-state index < -0.39 is 0 Å². The number of benzene rings is 2. The Morgan fingerprint density at radius 2 is 0.938 bits per heavy atom. The lowest BCUT2D eigenvalue weighted by molar-refractivity contribution is 0.0981. The molecule has 0 aliphatic heterocycles. The van der Waals surface area contributed by atoms with Crippen LogP contribution in [0.5, 0.6) is 11.5 Å². The molecular weight excluding hydrogens is 638 g/mol. The third-order valence-electron chi connectivity index (χ3n) is 5.03. The van der Waals surface area contributed by atoms with Crippen LogP contribution >= 0.6 is 45.2 Å². The summed E-state index contributed by atoms with van der Waals surface area (Å²) in [5, 5.41) is 0. The highest BCUT2D eigenvalue weighted by Crippen LogP contribution is 2.33. The molecule has 2 aliphatic rings. The van der Waals surface area contributed by atoms with E-state index in [1.165, 1.54) is 26.4 Å². The molecular formula is C24H18I2O6. The van der Waals surface area contributed by atoms with Gasteiger partial charge in [0.15, 0.2) is 23.1 Å². The smallest absolute Gasteiger partial charge is 0.190 e. The van der Waals surface area contributed by atoms with Crippen molar-refractivity contribution in [1.29, 1.82) is 0 Å². The second-order valence-electron chi connectivity index (χ2n) is 7.04. The Kier molecular flexibility index (Phi) is 7.33. The van der Waals surface area contributed by atoms with Crippen LogP contribution in [0.25, 0.3) is 0 Å². The van der Waals surface area contributed by atoms with E-state index in [9.17, 15) is 19.2 Å². The van der Waals surface area contributed by atoms with Gasteiger partial charge in [-0.2, -0.15) is 0 Å². The fourth-order valence-electron chi connectivity index (χ4n) is 3.45. The Morgan fingerprint density at radius 3 is 1.25 bits per heavy atom. The highest BCUT2D eigenvalue weighted by Gasteiger charge is 2.29. The molecule has 0 heterocycles. The van der Waals surface area contributed by atoms with Gasteiger partial charge in [-0.1, -0.05) is 0 Å². The van der Waals surface area contributed by atoms with Gasteiger partial charge in [-0.05, 0) is 95.4 Å². The van der Waals surface area contributed by atoms with Gasteiger partial charge in [-0.15, -0.1) is 0 Å². The monoisotopic (exact) mass is 656 g/mol. The quantitative estimate of drug-likeness (QED) is 0.411. The lowest BCUT2D eigenvalue weighted by Gasteiger charge is -2.16. The van der Waals surface area contributed by atoms with Crippen LogP contribution in [0.3, 0.4) is 0 Å². The third-order valence-corrected chi connectivity index (χ3v) is 6.83. The molecule has 0 radical (unpaired) electrons. The van der Waals surface area contributed by atoms with Crippen molar-refractivity contribution >= 4 is 68.3 Å². The van der Waals surface area contributed by atoms with Crippen molar-refractivity contribution in [3.05, 3.63) is 77.0 Å². The van der Waals surface area contributed by atoms with Crippen molar-refractivity contribution in [2.45, 2.75) is 13.8 Å². The molecule has 0 aromatic heterocycles. The Bertz CT molecular complexity index is 1160. The number of ether oxygens (including phenoxy) is 2. The maximum atomic E-state index is 12.0. The number of fused-ring (bicyclic) bond motifs is 2. The standard InChI is InChI=1S/2C12H9IO3/c2*1-6-5-8(14)11-9(16-2)4-3-7(13)10(11)12(6)15/h2*3-5H,1-2H3. The molecule has 4 rings (SSSR count). The molecule has 0 saturated carbocycles. The minimum absolute atomic E-state index is 0.0992. The van der Waals surface area contributed by atoms with Crippen LogP contribution in [0.2, 0.25) is 0 Å². The number of hydrogen-bond acceptors (Lipinski definition) is 6. The van der Waals surface area contributed by atoms with Gasteiger partial charge in [0.05, 0.1) is 36.5 Å². The predicted molar refractivity (Wildman–Crippen MR) is 136 cm³/mol. The van der Waals surface area contributed by atoms with E-state index in [1.807, 2.05) is 0 Å². The zero-order valence-corrected chi connectivity index (χ0v) is 22.0. The van der Waals surface area contributed by atoms with Crippen molar-refractivity contribution in [2.75, 3.05) is 14.2 Å². The number of hydrogen-bond donors (Lipinski definition) is 0. The summed E-state index contributed by atoms with van der Waals surface area (Å²) in [6.45, 7) is 3.30. The zero-order valence-electron chi connectivity index (χ0n) is 17.7. The molecule has 32 heavy (non-hydrogen) atoms. The van der Waals surface area contributed by atoms with Gasteiger partial charge in [0.2, 0.25) is 0 Å². The molecule has 2 aliphatic carbocycles. The van der Waals surface area contributed by atoms with E-state index in [1.54, 1.807) is 38.1 Å². The van der Waals surface area contributed by atoms with Crippen molar-refractivity contribution in [3.8, 4) is 11.5 Å². The van der Waals surface area contributed by atoms with Crippen LogP contribution in [0, 0.1) is 7.14 Å². The second-order valence-corrected chi connectivity index (χ2v) is 9.37. The van der Waals surface area contributed by atoms with E-state index in [4.69, 9.17) is 9.47 Å². The largest absolute Gasteiger partial charge is 0.496 e. The average molecular weight is 656 g/mol.